The van der Waals surface area contributed by atoms with E-state index < -0.39 is 11.8 Å². The second-order valence-electron chi connectivity index (χ2n) is 5.11. The number of hydrogen-bond acceptors (Lipinski definition) is 2. The highest BCUT2D eigenvalue weighted by atomic mass is 19.1. The molecule has 3 nitrogen and oxygen atoms in total. The Morgan fingerprint density at radius 1 is 1.50 bits per heavy atom. The van der Waals surface area contributed by atoms with Gasteiger partial charge >= 0.3 is 5.97 Å². The van der Waals surface area contributed by atoms with Crippen molar-refractivity contribution in [3.05, 3.63) is 29.6 Å². The molecule has 0 radical (unpaired) electrons. The third-order valence-corrected chi connectivity index (χ3v) is 3.57. The summed E-state index contributed by atoms with van der Waals surface area (Å²) in [6.45, 7) is 5.11. The van der Waals surface area contributed by atoms with Gasteiger partial charge in [-0.2, -0.15) is 0 Å². The second kappa shape index (κ2) is 4.96. The Morgan fingerprint density at radius 3 is 2.83 bits per heavy atom. The van der Waals surface area contributed by atoms with Crippen LogP contribution in [0.5, 0.6) is 0 Å². The first-order valence-electron chi connectivity index (χ1n) is 6.30. The van der Waals surface area contributed by atoms with Crippen molar-refractivity contribution in [1.29, 1.82) is 0 Å². The molecule has 0 aliphatic carbocycles. The summed E-state index contributed by atoms with van der Waals surface area (Å²) in [6.07, 6.45) is 2.12. The van der Waals surface area contributed by atoms with E-state index >= 15 is 0 Å². The summed E-state index contributed by atoms with van der Waals surface area (Å²) < 4.78 is 13.2. The number of nitrogens with zero attached hydrogens (tertiary/aromatic N) is 1. The van der Waals surface area contributed by atoms with Crippen LogP contribution in [-0.4, -0.2) is 23.7 Å². The van der Waals surface area contributed by atoms with Crippen molar-refractivity contribution in [2.45, 2.75) is 32.7 Å². The van der Waals surface area contributed by atoms with Gasteiger partial charge in [-0.05, 0) is 37.0 Å². The molecule has 1 atom stereocenters. The SMILES string of the molecule is CC(C)C1CCCN1c1ccc(F)cc1C(=O)O. The lowest BCUT2D eigenvalue weighted by Crippen LogP contribution is -2.34. The molecule has 1 unspecified atom stereocenters. The van der Waals surface area contributed by atoms with E-state index in [1.165, 1.54) is 6.07 Å². The molecule has 1 aromatic carbocycles. The lowest BCUT2D eigenvalue weighted by Gasteiger charge is -2.30. The van der Waals surface area contributed by atoms with Crippen LogP contribution in [0.15, 0.2) is 18.2 Å². The molecule has 2 rings (SSSR count). The minimum atomic E-state index is -1.07. The van der Waals surface area contributed by atoms with Crippen LogP contribution in [-0.2, 0) is 0 Å². The molecule has 18 heavy (non-hydrogen) atoms. The van der Waals surface area contributed by atoms with E-state index in [1.54, 1.807) is 6.07 Å². The number of rotatable bonds is 3. The number of carbonyl (C=O) groups is 1. The average molecular weight is 251 g/mol. The van der Waals surface area contributed by atoms with Crippen LogP contribution in [0.2, 0.25) is 0 Å². The van der Waals surface area contributed by atoms with Crippen molar-refractivity contribution in [2.75, 3.05) is 11.4 Å². The third-order valence-electron chi connectivity index (χ3n) is 3.57. The highest BCUT2D eigenvalue weighted by Crippen LogP contribution is 2.32. The van der Waals surface area contributed by atoms with Gasteiger partial charge in [0.1, 0.15) is 5.82 Å². The molecule has 98 valence electrons. The molecule has 1 heterocycles. The quantitative estimate of drug-likeness (QED) is 0.897. The van der Waals surface area contributed by atoms with Gasteiger partial charge < -0.3 is 10.0 Å². The molecule has 1 fully saturated rings. The Balaban J connectivity index is 2.41. The molecule has 4 heteroatoms. The summed E-state index contributed by atoms with van der Waals surface area (Å²) >= 11 is 0. The van der Waals surface area contributed by atoms with E-state index in [1.807, 2.05) is 0 Å². The number of carboxylic acid groups (broad SMARTS) is 1. The van der Waals surface area contributed by atoms with Gasteiger partial charge in [-0.15, -0.1) is 0 Å². The zero-order valence-electron chi connectivity index (χ0n) is 10.7. The van der Waals surface area contributed by atoms with Crippen LogP contribution >= 0.6 is 0 Å². The maximum absolute atomic E-state index is 13.2. The summed E-state index contributed by atoms with van der Waals surface area (Å²) in [5, 5.41) is 9.18. The number of anilines is 1. The lowest BCUT2D eigenvalue weighted by atomic mass is 10.0. The van der Waals surface area contributed by atoms with Gasteiger partial charge in [0.25, 0.3) is 0 Å². The van der Waals surface area contributed by atoms with Gasteiger partial charge in [-0.3, -0.25) is 0 Å². The summed E-state index contributed by atoms with van der Waals surface area (Å²) in [4.78, 5) is 13.3. The zero-order valence-corrected chi connectivity index (χ0v) is 10.7. The standard InChI is InChI=1S/C14H18FNO2/c1-9(2)12-4-3-7-16(12)13-6-5-10(15)8-11(13)14(17)18/h5-6,8-9,12H,3-4,7H2,1-2H3,(H,17,18). The van der Waals surface area contributed by atoms with E-state index in [-0.39, 0.29) is 5.56 Å². The molecular formula is C14H18FNO2. The third kappa shape index (κ3) is 2.33. The van der Waals surface area contributed by atoms with Crippen LogP contribution in [0.25, 0.3) is 0 Å². The Kier molecular flexibility index (Phi) is 3.55. The number of halogens is 1. The fraction of sp³-hybridized carbons (Fsp3) is 0.500. The first-order chi connectivity index (χ1) is 8.50. The minimum Gasteiger partial charge on any atom is -0.478 e. The normalized spacial score (nSPS) is 19.6. The Labute approximate surface area is 106 Å². The monoisotopic (exact) mass is 251 g/mol. The van der Waals surface area contributed by atoms with Crippen LogP contribution in [0, 0.1) is 11.7 Å². The van der Waals surface area contributed by atoms with Crippen LogP contribution in [0.3, 0.4) is 0 Å². The number of aromatic carboxylic acids is 1. The van der Waals surface area contributed by atoms with Crippen molar-refractivity contribution in [3.8, 4) is 0 Å². The van der Waals surface area contributed by atoms with Crippen molar-refractivity contribution in [1.82, 2.24) is 0 Å². The molecule has 0 aromatic heterocycles. The largest absolute Gasteiger partial charge is 0.478 e. The molecule has 1 N–H and O–H groups in total. The lowest BCUT2D eigenvalue weighted by molar-refractivity contribution is 0.0697. The van der Waals surface area contributed by atoms with Gasteiger partial charge in [0.05, 0.1) is 11.3 Å². The first-order valence-corrected chi connectivity index (χ1v) is 6.30. The average Bonchev–Trinajstić information content (AvgIpc) is 2.77. The van der Waals surface area contributed by atoms with E-state index in [0.717, 1.165) is 25.5 Å². The maximum atomic E-state index is 13.2. The fourth-order valence-electron chi connectivity index (χ4n) is 2.71. The van der Waals surface area contributed by atoms with Crippen molar-refractivity contribution >= 4 is 11.7 Å². The van der Waals surface area contributed by atoms with Gasteiger partial charge in [0.15, 0.2) is 0 Å². The Hall–Kier alpha value is -1.58. The van der Waals surface area contributed by atoms with Gasteiger partial charge in [0.2, 0.25) is 0 Å². The molecular weight excluding hydrogens is 233 g/mol. The van der Waals surface area contributed by atoms with Crippen LogP contribution < -0.4 is 4.90 Å². The topological polar surface area (TPSA) is 40.5 Å². The molecule has 1 aliphatic heterocycles. The smallest absolute Gasteiger partial charge is 0.337 e. The fourth-order valence-corrected chi connectivity index (χ4v) is 2.71. The molecule has 1 aromatic rings. The summed E-state index contributed by atoms with van der Waals surface area (Å²) in [6, 6.07) is 4.36. The predicted molar refractivity (Wildman–Crippen MR) is 68.6 cm³/mol. The molecule has 0 spiro atoms. The van der Waals surface area contributed by atoms with E-state index in [2.05, 4.69) is 18.7 Å². The minimum absolute atomic E-state index is 0.0579. The molecule has 0 amide bonds. The van der Waals surface area contributed by atoms with Gasteiger partial charge in [-0.25, -0.2) is 9.18 Å². The molecule has 1 aliphatic rings. The highest BCUT2D eigenvalue weighted by molar-refractivity contribution is 5.94. The van der Waals surface area contributed by atoms with Crippen molar-refractivity contribution in [3.63, 3.8) is 0 Å². The Morgan fingerprint density at radius 2 is 2.22 bits per heavy atom. The molecule has 1 saturated heterocycles. The summed E-state index contributed by atoms with van der Waals surface area (Å²) in [5.41, 5.74) is 0.697. The summed E-state index contributed by atoms with van der Waals surface area (Å²) in [5.74, 6) is -1.12. The Bertz CT molecular complexity index is 459. The predicted octanol–water partition coefficient (Wildman–Crippen LogP) is 3.15. The van der Waals surface area contributed by atoms with E-state index in [9.17, 15) is 14.3 Å². The zero-order chi connectivity index (χ0) is 13.3. The highest BCUT2D eigenvalue weighted by Gasteiger charge is 2.29. The van der Waals surface area contributed by atoms with Gasteiger partial charge in [0, 0.05) is 12.6 Å². The van der Waals surface area contributed by atoms with Crippen LogP contribution in [0.4, 0.5) is 10.1 Å². The van der Waals surface area contributed by atoms with E-state index in [0.29, 0.717) is 17.6 Å². The molecule has 0 saturated carbocycles. The first kappa shape index (κ1) is 12.9. The van der Waals surface area contributed by atoms with Gasteiger partial charge in [-0.1, -0.05) is 13.8 Å². The maximum Gasteiger partial charge on any atom is 0.337 e. The van der Waals surface area contributed by atoms with Crippen LogP contribution in [0.1, 0.15) is 37.0 Å². The summed E-state index contributed by atoms with van der Waals surface area (Å²) in [7, 11) is 0. The van der Waals surface area contributed by atoms with Crippen molar-refractivity contribution < 1.29 is 14.3 Å². The number of hydrogen-bond donors (Lipinski definition) is 1. The molecule has 0 bridgehead atoms. The number of benzene rings is 1. The van der Waals surface area contributed by atoms with E-state index in [4.69, 9.17) is 0 Å². The number of carboxylic acids is 1. The van der Waals surface area contributed by atoms with Crippen molar-refractivity contribution in [2.24, 2.45) is 5.92 Å². The second-order valence-corrected chi connectivity index (χ2v) is 5.11.